The van der Waals surface area contributed by atoms with Crippen LogP contribution in [0.4, 0.5) is 11.6 Å². The SMILES string of the molecule is CCCn1c(Nc2cccc(C(C)=O)c2)nc2sc3c(c2c1=O)CCCC3. The van der Waals surface area contributed by atoms with Crippen molar-refractivity contribution in [2.75, 3.05) is 5.32 Å². The van der Waals surface area contributed by atoms with Crippen molar-refractivity contribution in [1.29, 1.82) is 0 Å². The van der Waals surface area contributed by atoms with E-state index in [1.165, 1.54) is 16.9 Å². The molecule has 27 heavy (non-hydrogen) atoms. The molecule has 1 aliphatic carbocycles. The van der Waals surface area contributed by atoms with Crippen molar-refractivity contribution < 1.29 is 4.79 Å². The molecule has 0 aliphatic heterocycles. The predicted octanol–water partition coefficient (Wildman–Crippen LogP) is 4.69. The number of carbonyl (C=O) groups excluding carboxylic acids is 1. The second-order valence-corrected chi connectivity index (χ2v) is 8.13. The van der Waals surface area contributed by atoms with Gasteiger partial charge in [0.2, 0.25) is 5.95 Å². The summed E-state index contributed by atoms with van der Waals surface area (Å²) in [5, 5.41) is 4.08. The second-order valence-electron chi connectivity index (χ2n) is 7.05. The minimum Gasteiger partial charge on any atom is -0.325 e. The van der Waals surface area contributed by atoms with E-state index in [4.69, 9.17) is 4.98 Å². The van der Waals surface area contributed by atoms with Crippen LogP contribution in [0.3, 0.4) is 0 Å². The van der Waals surface area contributed by atoms with E-state index >= 15 is 0 Å². The molecule has 0 unspecified atom stereocenters. The molecule has 0 atom stereocenters. The van der Waals surface area contributed by atoms with Crippen LogP contribution in [-0.2, 0) is 19.4 Å². The zero-order chi connectivity index (χ0) is 19.0. The Morgan fingerprint density at radius 1 is 1.30 bits per heavy atom. The molecule has 3 aromatic rings. The Hall–Kier alpha value is -2.47. The first kappa shape index (κ1) is 17.9. The molecule has 0 amide bonds. The minimum absolute atomic E-state index is 0.0129. The Bertz CT molecular complexity index is 1080. The number of carbonyl (C=O) groups is 1. The zero-order valence-electron chi connectivity index (χ0n) is 15.7. The van der Waals surface area contributed by atoms with E-state index in [1.54, 1.807) is 35.0 Å². The Morgan fingerprint density at radius 3 is 2.89 bits per heavy atom. The number of hydrogen-bond donors (Lipinski definition) is 1. The lowest BCUT2D eigenvalue weighted by molar-refractivity contribution is 0.101. The van der Waals surface area contributed by atoms with E-state index in [2.05, 4.69) is 12.2 Å². The molecule has 140 valence electrons. The summed E-state index contributed by atoms with van der Waals surface area (Å²) < 4.78 is 1.74. The van der Waals surface area contributed by atoms with E-state index in [-0.39, 0.29) is 11.3 Å². The molecule has 1 aliphatic rings. The third kappa shape index (κ3) is 3.30. The molecule has 6 heteroatoms. The zero-order valence-corrected chi connectivity index (χ0v) is 16.5. The number of rotatable bonds is 5. The summed E-state index contributed by atoms with van der Waals surface area (Å²) >= 11 is 1.65. The Kier molecular flexibility index (Phi) is 4.83. The van der Waals surface area contributed by atoms with Gasteiger partial charge >= 0.3 is 0 Å². The maximum atomic E-state index is 13.3. The highest BCUT2D eigenvalue weighted by molar-refractivity contribution is 7.18. The third-order valence-electron chi connectivity index (χ3n) is 5.05. The molecule has 0 radical (unpaired) electrons. The third-order valence-corrected chi connectivity index (χ3v) is 6.23. The molecule has 2 heterocycles. The summed E-state index contributed by atoms with van der Waals surface area (Å²) in [6.07, 6.45) is 5.20. The summed E-state index contributed by atoms with van der Waals surface area (Å²) in [5.41, 5.74) is 2.66. The van der Waals surface area contributed by atoms with E-state index in [1.807, 2.05) is 12.1 Å². The number of aromatic nitrogens is 2. The van der Waals surface area contributed by atoms with Gasteiger partial charge in [0.05, 0.1) is 5.39 Å². The molecule has 0 bridgehead atoms. The van der Waals surface area contributed by atoms with Crippen LogP contribution in [0, 0.1) is 0 Å². The van der Waals surface area contributed by atoms with Crippen molar-refractivity contribution in [1.82, 2.24) is 9.55 Å². The van der Waals surface area contributed by atoms with Gasteiger partial charge < -0.3 is 5.32 Å². The van der Waals surface area contributed by atoms with Gasteiger partial charge in [-0.3, -0.25) is 14.2 Å². The molecular formula is C21H23N3O2S. The lowest BCUT2D eigenvalue weighted by atomic mass is 9.97. The number of ketones is 1. The summed E-state index contributed by atoms with van der Waals surface area (Å²) in [6, 6.07) is 7.31. The highest BCUT2D eigenvalue weighted by Gasteiger charge is 2.22. The van der Waals surface area contributed by atoms with E-state index in [0.717, 1.165) is 41.6 Å². The molecule has 0 saturated heterocycles. The number of thiophene rings is 1. The molecule has 0 fully saturated rings. The Morgan fingerprint density at radius 2 is 2.11 bits per heavy atom. The number of anilines is 2. The molecule has 5 nitrogen and oxygen atoms in total. The van der Waals surface area contributed by atoms with Gasteiger partial charge in [0.15, 0.2) is 5.78 Å². The van der Waals surface area contributed by atoms with Crippen LogP contribution in [0.15, 0.2) is 29.1 Å². The molecule has 2 aromatic heterocycles. The van der Waals surface area contributed by atoms with Crippen LogP contribution in [0.1, 0.15) is 53.9 Å². The van der Waals surface area contributed by atoms with Crippen molar-refractivity contribution >= 4 is 39.0 Å². The molecule has 1 aromatic carbocycles. The summed E-state index contributed by atoms with van der Waals surface area (Å²) in [4.78, 5) is 31.9. The number of hydrogen-bond acceptors (Lipinski definition) is 5. The van der Waals surface area contributed by atoms with Crippen molar-refractivity contribution in [2.45, 2.75) is 52.5 Å². The van der Waals surface area contributed by atoms with E-state index in [9.17, 15) is 9.59 Å². The number of aryl methyl sites for hydroxylation is 2. The van der Waals surface area contributed by atoms with Gasteiger partial charge in [0.25, 0.3) is 5.56 Å². The quantitative estimate of drug-likeness (QED) is 0.651. The van der Waals surface area contributed by atoms with Crippen LogP contribution in [-0.4, -0.2) is 15.3 Å². The normalized spacial score (nSPS) is 13.6. The van der Waals surface area contributed by atoms with Crippen LogP contribution >= 0.6 is 11.3 Å². The molecule has 4 rings (SSSR count). The Labute approximate surface area is 162 Å². The summed E-state index contributed by atoms with van der Waals surface area (Å²) in [6.45, 7) is 4.22. The smallest absolute Gasteiger partial charge is 0.263 e. The lowest BCUT2D eigenvalue weighted by Crippen LogP contribution is -2.24. The molecular weight excluding hydrogens is 358 g/mol. The van der Waals surface area contributed by atoms with Crippen molar-refractivity contribution in [3.8, 4) is 0 Å². The van der Waals surface area contributed by atoms with Gasteiger partial charge in [-0.25, -0.2) is 4.98 Å². The van der Waals surface area contributed by atoms with Gasteiger partial charge in [-0.1, -0.05) is 19.1 Å². The van der Waals surface area contributed by atoms with Gasteiger partial charge in [0.1, 0.15) is 4.83 Å². The van der Waals surface area contributed by atoms with E-state index in [0.29, 0.717) is 18.1 Å². The molecule has 0 saturated carbocycles. The first-order valence-electron chi connectivity index (χ1n) is 9.51. The highest BCUT2D eigenvalue weighted by Crippen LogP contribution is 2.34. The van der Waals surface area contributed by atoms with E-state index < -0.39 is 0 Å². The van der Waals surface area contributed by atoms with Crippen LogP contribution < -0.4 is 10.9 Å². The highest BCUT2D eigenvalue weighted by atomic mass is 32.1. The molecule has 1 N–H and O–H groups in total. The lowest BCUT2D eigenvalue weighted by Gasteiger charge is -2.14. The minimum atomic E-state index is 0.0129. The first-order valence-corrected chi connectivity index (χ1v) is 10.3. The van der Waals surface area contributed by atoms with Crippen molar-refractivity contribution in [3.05, 3.63) is 50.6 Å². The summed E-state index contributed by atoms with van der Waals surface area (Å²) in [7, 11) is 0. The second kappa shape index (κ2) is 7.27. The largest absolute Gasteiger partial charge is 0.325 e. The van der Waals surface area contributed by atoms with Crippen molar-refractivity contribution in [3.63, 3.8) is 0 Å². The van der Waals surface area contributed by atoms with Gasteiger partial charge in [-0.2, -0.15) is 0 Å². The number of benzene rings is 1. The van der Waals surface area contributed by atoms with Crippen LogP contribution in [0.2, 0.25) is 0 Å². The number of fused-ring (bicyclic) bond motifs is 3. The predicted molar refractivity (Wildman–Crippen MR) is 111 cm³/mol. The van der Waals surface area contributed by atoms with Crippen molar-refractivity contribution in [2.24, 2.45) is 0 Å². The topological polar surface area (TPSA) is 64.0 Å². The fraction of sp³-hybridized carbons (Fsp3) is 0.381. The summed E-state index contributed by atoms with van der Waals surface area (Å²) in [5.74, 6) is 0.563. The monoisotopic (exact) mass is 381 g/mol. The number of nitrogens with zero attached hydrogens (tertiary/aromatic N) is 2. The first-order chi connectivity index (χ1) is 13.1. The maximum absolute atomic E-state index is 13.3. The average Bonchev–Trinajstić information content (AvgIpc) is 3.03. The average molecular weight is 382 g/mol. The van der Waals surface area contributed by atoms with Crippen LogP contribution in [0.25, 0.3) is 10.2 Å². The van der Waals surface area contributed by atoms with Gasteiger partial charge in [0, 0.05) is 22.7 Å². The molecule has 0 spiro atoms. The van der Waals surface area contributed by atoms with Gasteiger partial charge in [-0.15, -0.1) is 11.3 Å². The fourth-order valence-corrected chi connectivity index (χ4v) is 4.96. The van der Waals surface area contributed by atoms with Crippen LogP contribution in [0.5, 0.6) is 0 Å². The number of Topliss-reactive ketones (excluding diaryl/α,β-unsaturated/α-hetero) is 1. The van der Waals surface area contributed by atoms with Gasteiger partial charge in [-0.05, 0) is 56.7 Å². The fourth-order valence-electron chi connectivity index (χ4n) is 3.71. The maximum Gasteiger partial charge on any atom is 0.263 e. The Balaban J connectivity index is 1.84. The standard InChI is InChI=1S/C21H23N3O2S/c1-3-11-24-20(26)18-16-9-4-5-10-17(16)27-19(18)23-21(24)22-15-8-6-7-14(12-15)13(2)25/h6-8,12H,3-5,9-11H2,1-2H3,(H,22,23). The number of nitrogens with one attached hydrogen (secondary N) is 1.